The van der Waals surface area contributed by atoms with E-state index >= 15 is 0 Å². The molecule has 7 heteroatoms. The molecule has 0 aliphatic rings. The summed E-state index contributed by atoms with van der Waals surface area (Å²) in [6.07, 6.45) is 5.98. The molecule has 1 aromatic heterocycles. The molecule has 6 nitrogen and oxygen atoms in total. The lowest BCUT2D eigenvalue weighted by molar-refractivity contribution is 0.329. The van der Waals surface area contributed by atoms with E-state index in [4.69, 9.17) is 4.74 Å². The lowest BCUT2D eigenvalue weighted by Gasteiger charge is -2.23. The quantitative estimate of drug-likeness (QED) is 0.730. The zero-order valence-corrected chi connectivity index (χ0v) is 16.1. The molecule has 25 heavy (non-hydrogen) atoms. The van der Waals surface area contributed by atoms with Crippen molar-refractivity contribution in [3.8, 4) is 5.75 Å². The van der Waals surface area contributed by atoms with Crippen molar-refractivity contribution < 1.29 is 13.2 Å². The monoisotopic (exact) mass is 365 g/mol. The summed E-state index contributed by atoms with van der Waals surface area (Å²) >= 11 is 0. The third-order valence-electron chi connectivity index (χ3n) is 3.81. The van der Waals surface area contributed by atoms with Gasteiger partial charge in [0.15, 0.2) is 0 Å². The fourth-order valence-electron chi connectivity index (χ4n) is 2.51. The van der Waals surface area contributed by atoms with Crippen molar-refractivity contribution in [2.24, 2.45) is 0 Å². The molecule has 0 fully saturated rings. The van der Waals surface area contributed by atoms with Gasteiger partial charge in [0.05, 0.1) is 17.8 Å². The highest BCUT2D eigenvalue weighted by Gasteiger charge is 2.23. The Morgan fingerprint density at radius 1 is 1.28 bits per heavy atom. The summed E-state index contributed by atoms with van der Waals surface area (Å²) in [5.74, 6) is 0.731. The van der Waals surface area contributed by atoms with Crippen molar-refractivity contribution in [2.45, 2.75) is 51.0 Å². The van der Waals surface area contributed by atoms with Crippen LogP contribution in [0.15, 0.2) is 41.8 Å². The molecule has 0 saturated carbocycles. The highest BCUT2D eigenvalue weighted by atomic mass is 32.2. The second-order valence-electron chi connectivity index (χ2n) is 6.89. The highest BCUT2D eigenvalue weighted by Crippen LogP contribution is 2.33. The molecule has 2 rings (SSSR count). The van der Waals surface area contributed by atoms with E-state index in [0.29, 0.717) is 19.6 Å². The SMILES string of the molecule is CCOc1ccc(S(=O)(=O)NCCCn2ccnc2)cc1C(C)(C)C. The van der Waals surface area contributed by atoms with Gasteiger partial charge in [0.1, 0.15) is 5.75 Å². The van der Waals surface area contributed by atoms with Crippen molar-refractivity contribution in [1.29, 1.82) is 0 Å². The Hall–Kier alpha value is -1.86. The second kappa shape index (κ2) is 8.01. The average Bonchev–Trinajstić information content (AvgIpc) is 3.04. The fraction of sp³-hybridized carbons (Fsp3) is 0.500. The van der Waals surface area contributed by atoms with E-state index in [1.807, 2.05) is 38.5 Å². The van der Waals surface area contributed by atoms with Crippen molar-refractivity contribution in [2.75, 3.05) is 13.2 Å². The summed E-state index contributed by atoms with van der Waals surface area (Å²) in [5.41, 5.74) is 0.674. The van der Waals surface area contributed by atoms with E-state index in [1.165, 1.54) is 0 Å². The molecule has 0 aliphatic carbocycles. The number of aromatic nitrogens is 2. The summed E-state index contributed by atoms with van der Waals surface area (Å²) in [6.45, 7) is 9.68. The van der Waals surface area contributed by atoms with Gasteiger partial charge in [-0.2, -0.15) is 0 Å². The van der Waals surface area contributed by atoms with Crippen molar-refractivity contribution in [3.05, 3.63) is 42.5 Å². The van der Waals surface area contributed by atoms with Crippen LogP contribution in [0.25, 0.3) is 0 Å². The maximum atomic E-state index is 12.6. The molecule has 1 N–H and O–H groups in total. The summed E-state index contributed by atoms with van der Waals surface area (Å²) in [5, 5.41) is 0. The second-order valence-corrected chi connectivity index (χ2v) is 8.66. The molecular formula is C18H27N3O3S. The van der Waals surface area contributed by atoms with E-state index in [-0.39, 0.29) is 10.3 Å². The molecule has 0 unspecified atom stereocenters. The number of rotatable bonds is 8. The van der Waals surface area contributed by atoms with Crippen LogP contribution < -0.4 is 9.46 Å². The molecule has 0 bridgehead atoms. The number of nitrogens with one attached hydrogen (secondary N) is 1. The lowest BCUT2D eigenvalue weighted by Crippen LogP contribution is -2.26. The van der Waals surface area contributed by atoms with Crippen molar-refractivity contribution >= 4 is 10.0 Å². The van der Waals surface area contributed by atoms with Crippen LogP contribution in [0, 0.1) is 0 Å². The van der Waals surface area contributed by atoms with Gasteiger partial charge in [0.25, 0.3) is 0 Å². The minimum Gasteiger partial charge on any atom is -0.494 e. The Balaban J connectivity index is 2.09. The van der Waals surface area contributed by atoms with Gasteiger partial charge in [-0.15, -0.1) is 0 Å². The predicted octanol–water partition coefficient (Wildman–Crippen LogP) is 2.95. The first-order valence-electron chi connectivity index (χ1n) is 8.47. The molecule has 1 aromatic carbocycles. The zero-order chi connectivity index (χ0) is 18.5. The van der Waals surface area contributed by atoms with E-state index in [0.717, 1.165) is 17.9 Å². The van der Waals surface area contributed by atoms with Gasteiger partial charge in [-0.3, -0.25) is 0 Å². The van der Waals surface area contributed by atoms with E-state index in [2.05, 4.69) is 9.71 Å². The first kappa shape index (κ1) is 19.5. The first-order chi connectivity index (χ1) is 11.7. The minimum absolute atomic E-state index is 0.211. The molecule has 138 valence electrons. The van der Waals surface area contributed by atoms with Crippen LogP contribution in [0.3, 0.4) is 0 Å². The van der Waals surface area contributed by atoms with Gasteiger partial charge < -0.3 is 9.30 Å². The van der Waals surface area contributed by atoms with Gasteiger partial charge in [0, 0.05) is 31.0 Å². The molecule has 0 atom stereocenters. The molecule has 0 saturated heterocycles. The number of hydrogen-bond acceptors (Lipinski definition) is 4. The van der Waals surface area contributed by atoms with Gasteiger partial charge in [0.2, 0.25) is 10.0 Å². The van der Waals surface area contributed by atoms with Crippen LogP contribution in [-0.2, 0) is 22.0 Å². The van der Waals surface area contributed by atoms with Crippen LogP contribution in [0.5, 0.6) is 5.75 Å². The van der Waals surface area contributed by atoms with E-state index in [9.17, 15) is 8.42 Å². The van der Waals surface area contributed by atoms with Gasteiger partial charge >= 0.3 is 0 Å². The maximum Gasteiger partial charge on any atom is 0.240 e. The Morgan fingerprint density at radius 3 is 2.64 bits per heavy atom. The van der Waals surface area contributed by atoms with Crippen LogP contribution >= 0.6 is 0 Å². The molecular weight excluding hydrogens is 338 g/mol. The van der Waals surface area contributed by atoms with Gasteiger partial charge in [-0.25, -0.2) is 18.1 Å². The summed E-state index contributed by atoms with van der Waals surface area (Å²) < 4.78 is 35.4. The largest absolute Gasteiger partial charge is 0.494 e. The Kier molecular flexibility index (Phi) is 6.24. The number of sulfonamides is 1. The minimum atomic E-state index is -3.55. The van der Waals surface area contributed by atoms with Crippen LogP contribution in [0.1, 0.15) is 39.7 Å². The van der Waals surface area contributed by atoms with Crippen LogP contribution in [0.4, 0.5) is 0 Å². The number of aryl methyl sites for hydroxylation is 1. The normalized spacial score (nSPS) is 12.3. The first-order valence-corrected chi connectivity index (χ1v) is 9.95. The molecule has 0 spiro atoms. The molecule has 0 amide bonds. The molecule has 0 aliphatic heterocycles. The fourth-order valence-corrected chi connectivity index (χ4v) is 3.61. The summed E-state index contributed by atoms with van der Waals surface area (Å²) in [6, 6.07) is 5.05. The summed E-state index contributed by atoms with van der Waals surface area (Å²) in [4.78, 5) is 4.23. The van der Waals surface area contributed by atoms with Gasteiger partial charge in [-0.1, -0.05) is 20.8 Å². The maximum absolute atomic E-state index is 12.6. The number of ether oxygens (including phenoxy) is 1. The molecule has 0 radical (unpaired) electrons. The Labute approximate surface area is 150 Å². The Bertz CT molecular complexity index is 778. The number of hydrogen-bond donors (Lipinski definition) is 1. The Morgan fingerprint density at radius 2 is 2.04 bits per heavy atom. The molecule has 1 heterocycles. The number of benzene rings is 1. The van der Waals surface area contributed by atoms with Crippen LogP contribution in [0.2, 0.25) is 0 Å². The zero-order valence-electron chi connectivity index (χ0n) is 15.3. The van der Waals surface area contributed by atoms with E-state index in [1.54, 1.807) is 30.7 Å². The third kappa shape index (κ3) is 5.31. The van der Waals surface area contributed by atoms with E-state index < -0.39 is 10.0 Å². The smallest absolute Gasteiger partial charge is 0.240 e. The standard InChI is InChI=1S/C18H27N3O3S/c1-5-24-17-8-7-15(13-16(17)18(2,3)4)25(22,23)20-9-6-11-21-12-10-19-14-21/h7-8,10,12-14,20H,5-6,9,11H2,1-4H3. The summed E-state index contributed by atoms with van der Waals surface area (Å²) in [7, 11) is -3.55. The lowest BCUT2D eigenvalue weighted by atomic mass is 9.86. The number of nitrogens with zero attached hydrogens (tertiary/aromatic N) is 2. The third-order valence-corrected chi connectivity index (χ3v) is 5.27. The van der Waals surface area contributed by atoms with Gasteiger partial charge in [-0.05, 0) is 37.0 Å². The average molecular weight is 365 g/mol. The van der Waals surface area contributed by atoms with Crippen LogP contribution in [-0.4, -0.2) is 31.1 Å². The topological polar surface area (TPSA) is 73.2 Å². The molecule has 2 aromatic rings. The number of imidazole rings is 1. The predicted molar refractivity (Wildman–Crippen MR) is 98.3 cm³/mol. The van der Waals surface area contributed by atoms with Crippen molar-refractivity contribution in [1.82, 2.24) is 14.3 Å². The highest BCUT2D eigenvalue weighted by molar-refractivity contribution is 7.89. The van der Waals surface area contributed by atoms with Crippen molar-refractivity contribution in [3.63, 3.8) is 0 Å².